The van der Waals surface area contributed by atoms with Gasteiger partial charge in [0.1, 0.15) is 11.3 Å². The predicted molar refractivity (Wildman–Crippen MR) is 117 cm³/mol. The van der Waals surface area contributed by atoms with Gasteiger partial charge in [-0.3, -0.25) is 9.59 Å². The molecule has 3 aromatic rings. The van der Waals surface area contributed by atoms with E-state index in [1.807, 2.05) is 31.2 Å². The van der Waals surface area contributed by atoms with Gasteiger partial charge >= 0.3 is 0 Å². The van der Waals surface area contributed by atoms with Crippen molar-refractivity contribution in [2.75, 3.05) is 26.9 Å². The van der Waals surface area contributed by atoms with E-state index in [4.69, 9.17) is 13.9 Å². The van der Waals surface area contributed by atoms with Crippen LogP contribution >= 0.6 is 15.9 Å². The van der Waals surface area contributed by atoms with Crippen molar-refractivity contribution in [1.29, 1.82) is 0 Å². The normalized spacial score (nSPS) is 15.6. The number of rotatable bonds is 7. The molecule has 0 aliphatic carbocycles. The van der Waals surface area contributed by atoms with Crippen LogP contribution in [0.4, 0.5) is 0 Å². The first kappa shape index (κ1) is 20.6. The molecule has 0 fully saturated rings. The number of carbonyl (C=O) groups excluding carboxylic acids is 1. The SMILES string of the molecule is CCOc1ccc(C2c3c(oc4ccc(Br)cc4c3=O)C(=O)N2CCCOC)cc1. The molecule has 0 N–H and O–H groups in total. The zero-order chi connectivity index (χ0) is 21.3. The number of amides is 1. The van der Waals surface area contributed by atoms with Gasteiger partial charge in [-0.15, -0.1) is 0 Å². The van der Waals surface area contributed by atoms with Gasteiger partial charge < -0.3 is 18.8 Å². The second-order valence-corrected chi connectivity index (χ2v) is 7.98. The summed E-state index contributed by atoms with van der Waals surface area (Å²) in [6.07, 6.45) is 0.656. The summed E-state index contributed by atoms with van der Waals surface area (Å²) in [5, 5.41) is 0.450. The minimum absolute atomic E-state index is 0.117. The lowest BCUT2D eigenvalue weighted by Crippen LogP contribution is -2.31. The van der Waals surface area contributed by atoms with Crippen LogP contribution in [0, 0.1) is 0 Å². The van der Waals surface area contributed by atoms with E-state index < -0.39 is 6.04 Å². The second-order valence-electron chi connectivity index (χ2n) is 7.06. The summed E-state index contributed by atoms with van der Waals surface area (Å²) in [5.74, 6) is 0.583. The minimum atomic E-state index is -0.514. The molecule has 0 saturated heterocycles. The van der Waals surface area contributed by atoms with E-state index in [0.717, 1.165) is 15.8 Å². The van der Waals surface area contributed by atoms with Gasteiger partial charge in [-0.1, -0.05) is 28.1 Å². The molecule has 1 amide bonds. The highest BCUT2D eigenvalue weighted by molar-refractivity contribution is 9.10. The summed E-state index contributed by atoms with van der Waals surface area (Å²) in [4.78, 5) is 28.4. The summed E-state index contributed by atoms with van der Waals surface area (Å²) < 4.78 is 17.4. The average Bonchev–Trinajstić information content (AvgIpc) is 3.02. The maximum Gasteiger partial charge on any atom is 0.290 e. The Hall–Kier alpha value is -2.64. The molecule has 7 heteroatoms. The predicted octanol–water partition coefficient (Wildman–Crippen LogP) is 4.54. The third kappa shape index (κ3) is 3.63. The van der Waals surface area contributed by atoms with Gasteiger partial charge in [0.25, 0.3) is 5.91 Å². The van der Waals surface area contributed by atoms with Crippen molar-refractivity contribution < 1.29 is 18.7 Å². The smallest absolute Gasteiger partial charge is 0.290 e. The van der Waals surface area contributed by atoms with Crippen molar-refractivity contribution in [2.24, 2.45) is 0 Å². The van der Waals surface area contributed by atoms with E-state index in [2.05, 4.69) is 15.9 Å². The lowest BCUT2D eigenvalue weighted by atomic mass is 9.98. The number of carbonyl (C=O) groups is 1. The molecule has 156 valence electrons. The van der Waals surface area contributed by atoms with Crippen LogP contribution in [0.3, 0.4) is 0 Å². The third-order valence-corrected chi connectivity index (χ3v) is 5.68. The number of ether oxygens (including phenoxy) is 2. The largest absolute Gasteiger partial charge is 0.494 e. The maximum absolute atomic E-state index is 13.4. The fraction of sp³-hybridized carbons (Fsp3) is 0.304. The average molecular weight is 472 g/mol. The van der Waals surface area contributed by atoms with E-state index in [-0.39, 0.29) is 17.1 Å². The zero-order valence-electron chi connectivity index (χ0n) is 16.8. The Morgan fingerprint density at radius 1 is 1.13 bits per heavy atom. The molecule has 2 heterocycles. The van der Waals surface area contributed by atoms with Crippen LogP contribution in [0.1, 0.15) is 41.1 Å². The molecular weight excluding hydrogens is 450 g/mol. The Morgan fingerprint density at radius 2 is 1.90 bits per heavy atom. The van der Waals surface area contributed by atoms with E-state index in [1.165, 1.54) is 0 Å². The van der Waals surface area contributed by atoms with Gasteiger partial charge in [0.05, 0.1) is 23.6 Å². The fourth-order valence-electron chi connectivity index (χ4n) is 3.86. The monoisotopic (exact) mass is 471 g/mol. The van der Waals surface area contributed by atoms with Crippen molar-refractivity contribution in [2.45, 2.75) is 19.4 Å². The van der Waals surface area contributed by atoms with Crippen LogP contribution in [0.5, 0.6) is 5.75 Å². The highest BCUT2D eigenvalue weighted by atomic mass is 79.9. The molecule has 2 aromatic carbocycles. The number of hydrogen-bond acceptors (Lipinski definition) is 5. The lowest BCUT2D eigenvalue weighted by molar-refractivity contribution is 0.0708. The van der Waals surface area contributed by atoms with Crippen LogP contribution in [0.15, 0.2) is 56.1 Å². The van der Waals surface area contributed by atoms with Gasteiger partial charge in [-0.2, -0.15) is 0 Å². The van der Waals surface area contributed by atoms with E-state index in [1.54, 1.807) is 30.2 Å². The third-order valence-electron chi connectivity index (χ3n) is 5.18. The van der Waals surface area contributed by atoms with Crippen molar-refractivity contribution in [3.05, 3.63) is 74.0 Å². The molecule has 1 aromatic heterocycles. The molecule has 0 saturated carbocycles. The molecule has 6 nitrogen and oxygen atoms in total. The Balaban J connectivity index is 1.86. The van der Waals surface area contributed by atoms with E-state index in [0.29, 0.717) is 42.7 Å². The molecule has 30 heavy (non-hydrogen) atoms. The number of hydrogen-bond donors (Lipinski definition) is 0. The van der Waals surface area contributed by atoms with Gasteiger partial charge in [-0.05, 0) is 49.2 Å². The summed E-state index contributed by atoms with van der Waals surface area (Å²) in [6, 6.07) is 12.2. The molecule has 1 aliphatic heterocycles. The van der Waals surface area contributed by atoms with Crippen molar-refractivity contribution in [3.63, 3.8) is 0 Å². The Bertz CT molecular complexity index is 1140. The zero-order valence-corrected chi connectivity index (χ0v) is 18.4. The highest BCUT2D eigenvalue weighted by Crippen LogP contribution is 2.38. The molecule has 0 bridgehead atoms. The van der Waals surface area contributed by atoms with Crippen LogP contribution < -0.4 is 10.2 Å². The van der Waals surface area contributed by atoms with Crippen molar-refractivity contribution in [1.82, 2.24) is 4.90 Å². The molecular formula is C23H22BrNO5. The summed E-state index contributed by atoms with van der Waals surface area (Å²) in [5.41, 5.74) is 1.44. The van der Waals surface area contributed by atoms with Crippen LogP contribution in [-0.4, -0.2) is 37.7 Å². The first-order chi connectivity index (χ1) is 14.5. The van der Waals surface area contributed by atoms with Crippen LogP contribution in [0.25, 0.3) is 11.0 Å². The summed E-state index contributed by atoms with van der Waals surface area (Å²) in [7, 11) is 1.63. The molecule has 1 unspecified atom stereocenters. The topological polar surface area (TPSA) is 69.0 Å². The van der Waals surface area contributed by atoms with E-state index >= 15 is 0 Å². The fourth-order valence-corrected chi connectivity index (χ4v) is 4.22. The quantitative estimate of drug-likeness (QED) is 0.473. The second kappa shape index (κ2) is 8.62. The number of methoxy groups -OCH3 is 1. The number of benzene rings is 2. The van der Waals surface area contributed by atoms with Gasteiger partial charge in [-0.25, -0.2) is 0 Å². The van der Waals surface area contributed by atoms with Crippen molar-refractivity contribution >= 4 is 32.8 Å². The van der Waals surface area contributed by atoms with Gasteiger partial charge in [0.2, 0.25) is 5.76 Å². The minimum Gasteiger partial charge on any atom is -0.494 e. The summed E-state index contributed by atoms with van der Waals surface area (Å²) in [6.45, 7) is 3.46. The number of halogens is 1. The molecule has 0 radical (unpaired) electrons. The van der Waals surface area contributed by atoms with Crippen LogP contribution in [-0.2, 0) is 4.74 Å². The highest BCUT2D eigenvalue weighted by Gasteiger charge is 2.42. The Kier molecular flexibility index (Phi) is 5.92. The molecule has 1 aliphatic rings. The lowest BCUT2D eigenvalue weighted by Gasteiger charge is -2.25. The first-order valence-corrected chi connectivity index (χ1v) is 10.6. The Labute approximate surface area is 182 Å². The Morgan fingerprint density at radius 3 is 2.60 bits per heavy atom. The summed E-state index contributed by atoms with van der Waals surface area (Å²) >= 11 is 3.41. The molecule has 1 atom stereocenters. The number of nitrogens with zero attached hydrogens (tertiary/aromatic N) is 1. The maximum atomic E-state index is 13.4. The molecule has 0 spiro atoms. The standard InChI is InChI=1S/C23H22BrNO5/c1-3-29-16-8-5-14(6-9-16)20-19-21(26)17-13-15(24)7-10-18(17)30-22(19)23(27)25(20)11-4-12-28-2/h5-10,13,20H,3-4,11-12H2,1-2H3. The first-order valence-electron chi connectivity index (χ1n) is 9.84. The number of fused-ring (bicyclic) bond motifs is 2. The van der Waals surface area contributed by atoms with Gasteiger partial charge in [0.15, 0.2) is 5.43 Å². The van der Waals surface area contributed by atoms with Gasteiger partial charge in [0, 0.05) is 24.7 Å². The van der Waals surface area contributed by atoms with Crippen LogP contribution in [0.2, 0.25) is 0 Å². The van der Waals surface area contributed by atoms with E-state index in [9.17, 15) is 9.59 Å². The van der Waals surface area contributed by atoms with Crippen molar-refractivity contribution in [3.8, 4) is 5.75 Å². The molecule has 4 rings (SSSR count).